The highest BCUT2D eigenvalue weighted by atomic mass is 16.1. The zero-order valence-electron chi connectivity index (χ0n) is 11.4. The Hall–Kier alpha value is -1.82. The number of benzene rings is 1. The number of fused-ring (bicyclic) bond motifs is 1. The molecule has 100 valence electrons. The molecule has 1 aliphatic rings. The molecule has 0 aromatic heterocycles. The Morgan fingerprint density at radius 2 is 2.11 bits per heavy atom. The third-order valence-corrected chi connectivity index (χ3v) is 3.76. The summed E-state index contributed by atoms with van der Waals surface area (Å²) in [5.41, 5.74) is 4.04. The van der Waals surface area contributed by atoms with Crippen LogP contribution in [0.3, 0.4) is 0 Å². The summed E-state index contributed by atoms with van der Waals surface area (Å²) < 4.78 is 0. The van der Waals surface area contributed by atoms with Crippen molar-refractivity contribution < 1.29 is 4.79 Å². The number of nitrogens with one attached hydrogen (secondary N) is 1. The van der Waals surface area contributed by atoms with E-state index in [9.17, 15) is 4.79 Å². The minimum atomic E-state index is -0.188. The first-order valence-electron chi connectivity index (χ1n) is 7.02. The van der Waals surface area contributed by atoms with E-state index in [-0.39, 0.29) is 18.4 Å². The second kappa shape index (κ2) is 6.38. The summed E-state index contributed by atoms with van der Waals surface area (Å²) in [7, 11) is 0. The lowest BCUT2D eigenvalue weighted by Gasteiger charge is -2.21. The third kappa shape index (κ3) is 3.35. The standard InChI is InChI=1S/C16H20N2O/c1-2-15(18-16(19)9-10-17)14-8-7-12-5-3-4-6-13(12)11-14/h7-8,11,15H,2-6,9H2,1H3,(H,18,19). The van der Waals surface area contributed by atoms with Crippen molar-refractivity contribution in [3.8, 4) is 6.07 Å². The van der Waals surface area contributed by atoms with Gasteiger partial charge in [-0.15, -0.1) is 0 Å². The van der Waals surface area contributed by atoms with Crippen LogP contribution >= 0.6 is 0 Å². The van der Waals surface area contributed by atoms with Gasteiger partial charge < -0.3 is 5.32 Å². The topological polar surface area (TPSA) is 52.9 Å². The molecule has 0 aliphatic heterocycles. The molecule has 0 spiro atoms. The molecule has 0 bridgehead atoms. The highest BCUT2D eigenvalue weighted by Gasteiger charge is 2.15. The maximum atomic E-state index is 11.5. The van der Waals surface area contributed by atoms with E-state index in [4.69, 9.17) is 5.26 Å². The second-order valence-corrected chi connectivity index (χ2v) is 5.10. The Morgan fingerprint density at radius 1 is 1.37 bits per heavy atom. The SMILES string of the molecule is CCC(NC(=O)CC#N)c1ccc2c(c1)CCCC2. The van der Waals surface area contributed by atoms with Gasteiger partial charge in [0.2, 0.25) is 5.91 Å². The molecule has 1 N–H and O–H groups in total. The van der Waals surface area contributed by atoms with Crippen molar-refractivity contribution in [3.63, 3.8) is 0 Å². The van der Waals surface area contributed by atoms with E-state index in [2.05, 4.69) is 30.4 Å². The Kier molecular flexibility index (Phi) is 4.57. The molecule has 3 heteroatoms. The van der Waals surface area contributed by atoms with E-state index in [0.717, 1.165) is 18.4 Å². The van der Waals surface area contributed by atoms with E-state index >= 15 is 0 Å². The highest BCUT2D eigenvalue weighted by Crippen LogP contribution is 2.26. The van der Waals surface area contributed by atoms with Gasteiger partial charge >= 0.3 is 0 Å². The summed E-state index contributed by atoms with van der Waals surface area (Å²) in [6.07, 6.45) is 5.63. The molecule has 1 aromatic carbocycles. The van der Waals surface area contributed by atoms with Crippen LogP contribution in [0.5, 0.6) is 0 Å². The zero-order valence-corrected chi connectivity index (χ0v) is 11.4. The second-order valence-electron chi connectivity index (χ2n) is 5.10. The van der Waals surface area contributed by atoms with Gasteiger partial charge in [0.15, 0.2) is 0 Å². The van der Waals surface area contributed by atoms with Crippen molar-refractivity contribution in [2.24, 2.45) is 0 Å². The summed E-state index contributed by atoms with van der Waals surface area (Å²) in [6.45, 7) is 2.05. The summed E-state index contributed by atoms with van der Waals surface area (Å²) in [5.74, 6) is -0.188. The lowest BCUT2D eigenvalue weighted by atomic mass is 9.89. The van der Waals surface area contributed by atoms with E-state index in [1.165, 1.54) is 30.4 Å². The van der Waals surface area contributed by atoms with Crippen LogP contribution in [0.15, 0.2) is 18.2 Å². The minimum absolute atomic E-state index is 0.0214. The van der Waals surface area contributed by atoms with E-state index in [1.807, 2.05) is 6.07 Å². The molecule has 19 heavy (non-hydrogen) atoms. The van der Waals surface area contributed by atoms with Crippen molar-refractivity contribution in [1.29, 1.82) is 5.26 Å². The molecule has 1 aliphatic carbocycles. The fraction of sp³-hybridized carbons (Fsp3) is 0.500. The van der Waals surface area contributed by atoms with Crippen LogP contribution in [0.25, 0.3) is 0 Å². The van der Waals surface area contributed by atoms with Gasteiger partial charge in [0.05, 0.1) is 12.1 Å². The Bertz CT molecular complexity index is 502. The molecule has 1 atom stereocenters. The Balaban J connectivity index is 2.14. The van der Waals surface area contributed by atoms with E-state index < -0.39 is 0 Å². The maximum absolute atomic E-state index is 11.5. The van der Waals surface area contributed by atoms with Gasteiger partial charge in [-0.1, -0.05) is 25.1 Å². The summed E-state index contributed by atoms with van der Waals surface area (Å²) in [4.78, 5) is 11.5. The van der Waals surface area contributed by atoms with Crippen LogP contribution in [-0.2, 0) is 17.6 Å². The van der Waals surface area contributed by atoms with Crippen LogP contribution in [0.2, 0.25) is 0 Å². The van der Waals surface area contributed by atoms with Gasteiger partial charge in [0, 0.05) is 0 Å². The molecule has 2 rings (SSSR count). The minimum Gasteiger partial charge on any atom is -0.348 e. The van der Waals surface area contributed by atoms with Gasteiger partial charge in [0.25, 0.3) is 0 Å². The van der Waals surface area contributed by atoms with E-state index in [0.29, 0.717) is 0 Å². The number of rotatable bonds is 4. The fourth-order valence-corrected chi connectivity index (χ4v) is 2.71. The smallest absolute Gasteiger partial charge is 0.234 e. The molecule has 1 unspecified atom stereocenters. The predicted octanol–water partition coefficient (Wildman–Crippen LogP) is 3.05. The van der Waals surface area contributed by atoms with Crippen molar-refractivity contribution in [1.82, 2.24) is 5.32 Å². The number of hydrogen-bond donors (Lipinski definition) is 1. The Morgan fingerprint density at radius 3 is 2.79 bits per heavy atom. The maximum Gasteiger partial charge on any atom is 0.234 e. The quantitative estimate of drug-likeness (QED) is 0.900. The zero-order chi connectivity index (χ0) is 13.7. The van der Waals surface area contributed by atoms with Gasteiger partial charge in [-0.05, 0) is 48.8 Å². The predicted molar refractivity (Wildman–Crippen MR) is 74.5 cm³/mol. The average Bonchev–Trinajstić information content (AvgIpc) is 2.44. The first kappa shape index (κ1) is 13.6. The molecule has 0 saturated heterocycles. The van der Waals surface area contributed by atoms with Gasteiger partial charge in [-0.3, -0.25) is 4.79 Å². The molecule has 1 aromatic rings. The normalized spacial score (nSPS) is 15.2. The van der Waals surface area contributed by atoms with Crippen molar-refractivity contribution in [2.45, 2.75) is 51.5 Å². The van der Waals surface area contributed by atoms with Crippen LogP contribution in [0.4, 0.5) is 0 Å². The van der Waals surface area contributed by atoms with Crippen LogP contribution in [0, 0.1) is 11.3 Å². The summed E-state index contributed by atoms with van der Waals surface area (Å²) in [6, 6.07) is 8.45. The average molecular weight is 256 g/mol. The van der Waals surface area contributed by atoms with Crippen LogP contribution in [-0.4, -0.2) is 5.91 Å². The van der Waals surface area contributed by atoms with Crippen molar-refractivity contribution in [2.75, 3.05) is 0 Å². The van der Waals surface area contributed by atoms with Crippen molar-refractivity contribution >= 4 is 5.91 Å². The number of carbonyl (C=O) groups is 1. The molecule has 3 nitrogen and oxygen atoms in total. The molecule has 0 saturated carbocycles. The monoisotopic (exact) mass is 256 g/mol. The number of nitrogens with zero attached hydrogens (tertiary/aromatic N) is 1. The number of amides is 1. The molecule has 0 fully saturated rings. The fourth-order valence-electron chi connectivity index (χ4n) is 2.71. The van der Waals surface area contributed by atoms with Gasteiger partial charge in [-0.2, -0.15) is 5.26 Å². The first-order valence-corrected chi connectivity index (χ1v) is 7.02. The first-order chi connectivity index (χ1) is 9.24. The molecule has 1 amide bonds. The summed E-state index contributed by atoms with van der Waals surface area (Å²) >= 11 is 0. The van der Waals surface area contributed by atoms with Crippen molar-refractivity contribution in [3.05, 3.63) is 34.9 Å². The lowest BCUT2D eigenvalue weighted by Crippen LogP contribution is -2.27. The number of hydrogen-bond acceptors (Lipinski definition) is 2. The lowest BCUT2D eigenvalue weighted by molar-refractivity contribution is -0.120. The van der Waals surface area contributed by atoms with E-state index in [1.54, 1.807) is 0 Å². The highest BCUT2D eigenvalue weighted by molar-refractivity contribution is 5.78. The largest absolute Gasteiger partial charge is 0.348 e. The molecule has 0 radical (unpaired) electrons. The number of carbonyl (C=O) groups excluding carboxylic acids is 1. The van der Waals surface area contributed by atoms with Gasteiger partial charge in [0.1, 0.15) is 6.42 Å². The molecule has 0 heterocycles. The summed E-state index contributed by atoms with van der Waals surface area (Å²) in [5, 5.41) is 11.5. The van der Waals surface area contributed by atoms with Crippen LogP contribution in [0.1, 0.15) is 55.3 Å². The Labute approximate surface area is 114 Å². The third-order valence-electron chi connectivity index (χ3n) is 3.76. The molecular weight excluding hydrogens is 236 g/mol. The molecular formula is C16H20N2O. The van der Waals surface area contributed by atoms with Gasteiger partial charge in [-0.25, -0.2) is 0 Å². The number of aryl methyl sites for hydroxylation is 2. The van der Waals surface area contributed by atoms with Crippen LogP contribution < -0.4 is 5.32 Å². The number of nitriles is 1.